The molecule has 0 aliphatic rings. The van der Waals surface area contributed by atoms with Gasteiger partial charge in [-0.25, -0.2) is 4.98 Å². The van der Waals surface area contributed by atoms with Crippen molar-refractivity contribution in [1.82, 2.24) is 4.98 Å². The van der Waals surface area contributed by atoms with Crippen molar-refractivity contribution in [2.75, 3.05) is 11.7 Å². The molecule has 1 atom stereocenters. The van der Waals surface area contributed by atoms with Gasteiger partial charge in [-0.1, -0.05) is 47.6 Å². The van der Waals surface area contributed by atoms with Crippen molar-refractivity contribution < 1.29 is 0 Å². The van der Waals surface area contributed by atoms with Crippen LogP contribution in [0.4, 0.5) is 5.82 Å². The van der Waals surface area contributed by atoms with Gasteiger partial charge < -0.3 is 4.67 Å². The van der Waals surface area contributed by atoms with Crippen LogP contribution in [0.5, 0.6) is 0 Å². The van der Waals surface area contributed by atoms with Crippen LogP contribution in [0.1, 0.15) is 0 Å². The van der Waals surface area contributed by atoms with Crippen LogP contribution in [0.15, 0.2) is 54.7 Å². The van der Waals surface area contributed by atoms with Gasteiger partial charge in [0.25, 0.3) is 0 Å². The zero-order chi connectivity index (χ0) is 11.4. The summed E-state index contributed by atoms with van der Waals surface area (Å²) in [6.45, 7) is 0. The summed E-state index contributed by atoms with van der Waals surface area (Å²) < 4.78 is 2.01. The van der Waals surface area contributed by atoms with Gasteiger partial charge in [0, 0.05) is 18.5 Å². The van der Waals surface area contributed by atoms with Crippen LogP contribution in [0, 0.1) is 0 Å². The van der Waals surface area contributed by atoms with Gasteiger partial charge >= 0.3 is 0 Å². The van der Waals surface area contributed by atoms with Gasteiger partial charge in [-0.2, -0.15) is 0 Å². The largest absolute Gasteiger partial charge is 0.322 e. The Kier molecular flexibility index (Phi) is 3.76. The van der Waals surface area contributed by atoms with Gasteiger partial charge in [-0.05, 0) is 12.1 Å². The minimum Gasteiger partial charge on any atom is -0.322 e. The van der Waals surface area contributed by atoms with Crippen molar-refractivity contribution in [3.05, 3.63) is 54.7 Å². The van der Waals surface area contributed by atoms with Gasteiger partial charge in [-0.3, -0.25) is 0 Å². The maximum absolute atomic E-state index is 6.44. The van der Waals surface area contributed by atoms with Crippen molar-refractivity contribution in [2.45, 2.75) is 0 Å². The molecule has 2 rings (SSSR count). The highest BCUT2D eigenvalue weighted by Gasteiger charge is 2.14. The molecule has 0 aliphatic heterocycles. The SMILES string of the molecule is CN(c1ccccn1)P(Cl)c1ccccc1. The molecule has 0 radical (unpaired) electrons. The predicted molar refractivity (Wildman–Crippen MR) is 71.5 cm³/mol. The first-order valence-corrected chi connectivity index (χ1v) is 7.14. The topological polar surface area (TPSA) is 16.1 Å². The maximum atomic E-state index is 6.44. The van der Waals surface area contributed by atoms with Crippen molar-refractivity contribution >= 4 is 29.8 Å². The molecule has 0 spiro atoms. The summed E-state index contributed by atoms with van der Waals surface area (Å²) in [4.78, 5) is 4.28. The third kappa shape index (κ3) is 2.52. The zero-order valence-electron chi connectivity index (χ0n) is 8.92. The minimum atomic E-state index is -0.870. The van der Waals surface area contributed by atoms with E-state index in [-0.39, 0.29) is 0 Å². The summed E-state index contributed by atoms with van der Waals surface area (Å²) in [7, 11) is 1.10. The molecule has 2 aromatic rings. The molecule has 1 aromatic carbocycles. The van der Waals surface area contributed by atoms with Crippen LogP contribution in [0.25, 0.3) is 0 Å². The molecule has 1 aromatic heterocycles. The zero-order valence-corrected chi connectivity index (χ0v) is 10.6. The van der Waals surface area contributed by atoms with Gasteiger partial charge in [-0.15, -0.1) is 0 Å². The van der Waals surface area contributed by atoms with Crippen LogP contribution < -0.4 is 9.97 Å². The third-order valence-electron chi connectivity index (χ3n) is 2.21. The number of halogens is 1. The maximum Gasteiger partial charge on any atom is 0.132 e. The Hall–Kier alpha value is -1.11. The number of pyridine rings is 1. The smallest absolute Gasteiger partial charge is 0.132 e. The van der Waals surface area contributed by atoms with Gasteiger partial charge in [0.2, 0.25) is 0 Å². The average Bonchev–Trinajstić information content (AvgIpc) is 2.39. The average molecular weight is 251 g/mol. The number of rotatable bonds is 3. The molecule has 0 N–H and O–H groups in total. The van der Waals surface area contributed by atoms with Crippen molar-refractivity contribution in [2.24, 2.45) is 0 Å². The van der Waals surface area contributed by atoms with E-state index < -0.39 is 7.43 Å². The third-order valence-corrected chi connectivity index (χ3v) is 4.94. The predicted octanol–water partition coefficient (Wildman–Crippen LogP) is 3.39. The standard InChI is InChI=1S/C12H12ClN2P/c1-15(12-9-5-6-10-14-12)16(13)11-7-3-2-4-8-11/h2-10H,1H3. The lowest BCUT2D eigenvalue weighted by Crippen LogP contribution is -2.15. The van der Waals surface area contributed by atoms with Crippen molar-refractivity contribution in [3.63, 3.8) is 0 Å². The number of benzene rings is 1. The summed E-state index contributed by atoms with van der Waals surface area (Å²) in [5, 5.41) is 1.13. The van der Waals surface area contributed by atoms with Crippen molar-refractivity contribution in [3.8, 4) is 0 Å². The fraction of sp³-hybridized carbons (Fsp3) is 0.0833. The van der Waals surface area contributed by atoms with E-state index in [2.05, 4.69) is 4.98 Å². The van der Waals surface area contributed by atoms with Crippen molar-refractivity contribution in [1.29, 1.82) is 0 Å². The quantitative estimate of drug-likeness (QED) is 0.777. The van der Waals surface area contributed by atoms with Gasteiger partial charge in [0.1, 0.15) is 13.2 Å². The summed E-state index contributed by atoms with van der Waals surface area (Å²) in [6.07, 6.45) is 1.77. The molecule has 0 saturated heterocycles. The van der Waals surface area contributed by atoms with E-state index in [0.717, 1.165) is 11.1 Å². The summed E-state index contributed by atoms with van der Waals surface area (Å²) in [5.41, 5.74) is 0. The lowest BCUT2D eigenvalue weighted by molar-refractivity contribution is 1.21. The van der Waals surface area contributed by atoms with E-state index in [1.54, 1.807) is 6.20 Å². The molecule has 2 nitrogen and oxygen atoms in total. The fourth-order valence-corrected chi connectivity index (χ4v) is 2.99. The van der Waals surface area contributed by atoms with Crippen LogP contribution >= 0.6 is 18.7 Å². The molecule has 4 heteroatoms. The van der Waals surface area contributed by atoms with E-state index in [4.69, 9.17) is 11.2 Å². The van der Waals surface area contributed by atoms with Crippen LogP contribution in [0.2, 0.25) is 0 Å². The van der Waals surface area contributed by atoms with E-state index in [0.29, 0.717) is 0 Å². The van der Waals surface area contributed by atoms with E-state index in [1.165, 1.54) is 0 Å². The van der Waals surface area contributed by atoms with E-state index in [1.807, 2.05) is 60.2 Å². The second-order valence-corrected chi connectivity index (χ2v) is 5.90. The first-order chi connectivity index (χ1) is 7.79. The van der Waals surface area contributed by atoms with Gasteiger partial charge in [0.15, 0.2) is 0 Å². The Balaban J connectivity index is 2.20. The second-order valence-electron chi connectivity index (χ2n) is 3.31. The molecule has 0 fully saturated rings. The monoisotopic (exact) mass is 250 g/mol. The molecule has 0 bridgehead atoms. The number of anilines is 1. The normalized spacial score (nSPS) is 12.1. The highest BCUT2D eigenvalue weighted by atomic mass is 35.7. The van der Waals surface area contributed by atoms with Crippen LogP contribution in [0.3, 0.4) is 0 Å². The molecule has 0 saturated carbocycles. The van der Waals surface area contributed by atoms with Crippen LogP contribution in [-0.2, 0) is 0 Å². The molecule has 0 amide bonds. The van der Waals surface area contributed by atoms with Crippen LogP contribution in [-0.4, -0.2) is 12.0 Å². The Bertz CT molecular complexity index is 392. The minimum absolute atomic E-state index is 0.870. The highest BCUT2D eigenvalue weighted by molar-refractivity contribution is 7.91. The lowest BCUT2D eigenvalue weighted by Gasteiger charge is -2.23. The summed E-state index contributed by atoms with van der Waals surface area (Å²) in [5.74, 6) is 0.896. The number of aromatic nitrogens is 1. The number of hydrogen-bond acceptors (Lipinski definition) is 2. The summed E-state index contributed by atoms with van der Waals surface area (Å²) >= 11 is 6.44. The molecular weight excluding hydrogens is 239 g/mol. The Labute approximate surface area is 101 Å². The molecule has 82 valence electrons. The lowest BCUT2D eigenvalue weighted by atomic mass is 10.4. The fourth-order valence-electron chi connectivity index (χ4n) is 1.36. The second kappa shape index (κ2) is 5.29. The Morgan fingerprint density at radius 3 is 2.38 bits per heavy atom. The summed E-state index contributed by atoms with van der Waals surface area (Å²) in [6, 6.07) is 15.9. The van der Waals surface area contributed by atoms with Gasteiger partial charge in [0.05, 0.1) is 0 Å². The molecule has 1 unspecified atom stereocenters. The Morgan fingerprint density at radius 2 is 1.75 bits per heavy atom. The first kappa shape index (κ1) is 11.4. The first-order valence-electron chi connectivity index (χ1n) is 4.94. The molecule has 0 aliphatic carbocycles. The highest BCUT2D eigenvalue weighted by Crippen LogP contribution is 2.44. The molecule has 1 heterocycles. The van der Waals surface area contributed by atoms with E-state index in [9.17, 15) is 0 Å². The molecule has 16 heavy (non-hydrogen) atoms. The Morgan fingerprint density at radius 1 is 1.06 bits per heavy atom. The number of nitrogens with zero attached hydrogens (tertiary/aromatic N) is 2. The van der Waals surface area contributed by atoms with E-state index >= 15 is 0 Å². The number of hydrogen-bond donors (Lipinski definition) is 0. The molecular formula is C12H12ClN2P.